The van der Waals surface area contributed by atoms with Crippen molar-refractivity contribution in [1.82, 2.24) is 20.4 Å². The molecule has 0 bridgehead atoms. The van der Waals surface area contributed by atoms with Gasteiger partial charge >= 0.3 is 6.03 Å². The van der Waals surface area contributed by atoms with Crippen molar-refractivity contribution in [2.24, 2.45) is 5.92 Å². The Bertz CT molecular complexity index is 657. The molecular weight excluding hydrogens is 299 g/mol. The highest BCUT2D eigenvalue weighted by molar-refractivity contribution is 5.73. The van der Waals surface area contributed by atoms with Crippen LogP contribution >= 0.6 is 0 Å². The topological polar surface area (TPSA) is 71.3 Å². The van der Waals surface area contributed by atoms with Gasteiger partial charge in [-0.05, 0) is 23.6 Å². The van der Waals surface area contributed by atoms with Gasteiger partial charge in [0, 0.05) is 20.0 Å². The number of urea groups is 1. The molecule has 7 heteroatoms. The third kappa shape index (κ3) is 5.36. The lowest BCUT2D eigenvalue weighted by Gasteiger charge is -2.16. The van der Waals surface area contributed by atoms with Gasteiger partial charge in [0.25, 0.3) is 0 Å². The van der Waals surface area contributed by atoms with Crippen LogP contribution in [-0.4, -0.2) is 28.1 Å². The molecule has 1 aromatic heterocycles. The molecular formula is C16H21FN4O2. The number of nitrogens with zero attached hydrogens (tertiary/aromatic N) is 3. The first kappa shape index (κ1) is 16.9. The summed E-state index contributed by atoms with van der Waals surface area (Å²) in [5.41, 5.74) is 0.700. The van der Waals surface area contributed by atoms with Gasteiger partial charge in [-0.1, -0.05) is 31.1 Å². The smallest absolute Gasteiger partial charge is 0.317 e. The molecule has 0 atom stereocenters. The second-order valence-electron chi connectivity index (χ2n) is 5.85. The molecule has 2 amide bonds. The molecule has 0 saturated heterocycles. The van der Waals surface area contributed by atoms with Crippen LogP contribution in [0.2, 0.25) is 0 Å². The van der Waals surface area contributed by atoms with E-state index in [0.29, 0.717) is 29.6 Å². The molecule has 23 heavy (non-hydrogen) atoms. The van der Waals surface area contributed by atoms with Gasteiger partial charge < -0.3 is 14.7 Å². The number of hydrogen-bond donors (Lipinski definition) is 1. The normalized spacial score (nSPS) is 10.8. The van der Waals surface area contributed by atoms with E-state index >= 15 is 0 Å². The first-order valence-corrected chi connectivity index (χ1v) is 7.49. The van der Waals surface area contributed by atoms with E-state index < -0.39 is 0 Å². The maximum absolute atomic E-state index is 13.1. The average molecular weight is 320 g/mol. The van der Waals surface area contributed by atoms with Crippen molar-refractivity contribution in [2.45, 2.75) is 33.4 Å². The van der Waals surface area contributed by atoms with E-state index in [0.717, 1.165) is 0 Å². The molecule has 0 saturated carbocycles. The van der Waals surface area contributed by atoms with E-state index in [1.165, 1.54) is 17.0 Å². The zero-order valence-corrected chi connectivity index (χ0v) is 13.5. The van der Waals surface area contributed by atoms with Gasteiger partial charge in [-0.15, -0.1) is 0 Å². The number of halogens is 1. The summed E-state index contributed by atoms with van der Waals surface area (Å²) in [6.07, 6.45) is 0.711. The first-order chi connectivity index (χ1) is 10.9. The molecule has 1 N–H and O–H groups in total. The highest BCUT2D eigenvalue weighted by Crippen LogP contribution is 2.07. The van der Waals surface area contributed by atoms with Gasteiger partial charge in [-0.2, -0.15) is 4.98 Å². The fourth-order valence-electron chi connectivity index (χ4n) is 2.03. The third-order valence-corrected chi connectivity index (χ3v) is 3.15. The van der Waals surface area contributed by atoms with Crippen LogP contribution in [0, 0.1) is 11.7 Å². The molecule has 0 radical (unpaired) electrons. The maximum Gasteiger partial charge on any atom is 0.317 e. The highest BCUT2D eigenvalue weighted by atomic mass is 19.1. The van der Waals surface area contributed by atoms with Crippen LogP contribution in [0.3, 0.4) is 0 Å². The predicted octanol–water partition coefficient (Wildman–Crippen LogP) is 2.75. The summed E-state index contributed by atoms with van der Waals surface area (Å²) in [7, 11) is 1.64. The van der Waals surface area contributed by atoms with Gasteiger partial charge in [-0.3, -0.25) is 0 Å². The molecule has 1 aromatic carbocycles. The Labute approximate surface area is 134 Å². The lowest BCUT2D eigenvalue weighted by Crippen LogP contribution is -2.36. The van der Waals surface area contributed by atoms with Gasteiger partial charge in [0.1, 0.15) is 5.82 Å². The lowest BCUT2D eigenvalue weighted by atomic mass is 10.1. The molecule has 2 aromatic rings. The Balaban J connectivity index is 1.83. The van der Waals surface area contributed by atoms with E-state index in [1.807, 2.05) is 0 Å². The van der Waals surface area contributed by atoms with Gasteiger partial charge in [0.05, 0.1) is 6.54 Å². The quantitative estimate of drug-likeness (QED) is 0.888. The predicted molar refractivity (Wildman–Crippen MR) is 82.9 cm³/mol. The lowest BCUT2D eigenvalue weighted by molar-refractivity contribution is 0.204. The molecule has 0 aliphatic carbocycles. The third-order valence-electron chi connectivity index (χ3n) is 3.15. The van der Waals surface area contributed by atoms with Crippen LogP contribution in [0.4, 0.5) is 9.18 Å². The van der Waals surface area contributed by atoms with Gasteiger partial charge in [0.15, 0.2) is 5.82 Å². The number of aromatic nitrogens is 2. The van der Waals surface area contributed by atoms with E-state index in [2.05, 4.69) is 29.3 Å². The molecule has 0 spiro atoms. The number of carbonyl (C=O) groups excluding carboxylic acids is 1. The number of benzene rings is 1. The van der Waals surface area contributed by atoms with Crippen molar-refractivity contribution in [1.29, 1.82) is 0 Å². The van der Waals surface area contributed by atoms with Crippen LogP contribution in [0.25, 0.3) is 0 Å². The van der Waals surface area contributed by atoms with Crippen molar-refractivity contribution < 1.29 is 13.7 Å². The molecule has 6 nitrogen and oxygen atoms in total. The summed E-state index contributed by atoms with van der Waals surface area (Å²) in [4.78, 5) is 17.7. The summed E-state index contributed by atoms with van der Waals surface area (Å²) in [6.45, 7) is 4.63. The number of amides is 2. The fraction of sp³-hybridized carbons (Fsp3) is 0.438. The largest absolute Gasteiger partial charge is 0.339 e. The minimum atomic E-state index is -0.324. The Hall–Kier alpha value is -2.44. The molecule has 1 heterocycles. The number of hydrogen-bond acceptors (Lipinski definition) is 4. The summed E-state index contributed by atoms with van der Waals surface area (Å²) in [6, 6.07) is 5.82. The van der Waals surface area contributed by atoms with E-state index in [1.54, 1.807) is 19.2 Å². The first-order valence-electron chi connectivity index (χ1n) is 7.49. The molecule has 2 rings (SSSR count). The molecule has 124 valence electrons. The second kappa shape index (κ2) is 7.71. The summed E-state index contributed by atoms with van der Waals surface area (Å²) in [5.74, 6) is 1.14. The maximum atomic E-state index is 13.1. The second-order valence-corrected chi connectivity index (χ2v) is 5.85. The Kier molecular flexibility index (Phi) is 5.67. The Morgan fingerprint density at radius 1 is 1.43 bits per heavy atom. The molecule has 0 unspecified atom stereocenters. The monoisotopic (exact) mass is 320 g/mol. The van der Waals surface area contributed by atoms with Crippen molar-refractivity contribution in [2.75, 3.05) is 7.05 Å². The van der Waals surface area contributed by atoms with E-state index in [-0.39, 0.29) is 24.9 Å². The van der Waals surface area contributed by atoms with Crippen LogP contribution in [-0.2, 0) is 19.5 Å². The highest BCUT2D eigenvalue weighted by Gasteiger charge is 2.14. The average Bonchev–Trinajstić information content (AvgIpc) is 2.91. The Morgan fingerprint density at radius 2 is 2.22 bits per heavy atom. The molecule has 0 aliphatic rings. The van der Waals surface area contributed by atoms with Crippen LogP contribution in [0.15, 0.2) is 28.8 Å². The number of nitrogens with one attached hydrogen (secondary N) is 1. The number of rotatable bonds is 6. The van der Waals surface area contributed by atoms with Crippen LogP contribution in [0.1, 0.15) is 31.1 Å². The van der Waals surface area contributed by atoms with Gasteiger partial charge in [0.2, 0.25) is 5.89 Å². The van der Waals surface area contributed by atoms with E-state index in [9.17, 15) is 9.18 Å². The van der Waals surface area contributed by atoms with Gasteiger partial charge in [-0.25, -0.2) is 9.18 Å². The minimum absolute atomic E-state index is 0.247. The standard InChI is InChI=1S/C16H21FN4O2/c1-11(2)7-15-19-14(20-23-15)10-21(3)16(22)18-9-12-5-4-6-13(17)8-12/h4-6,8,11H,7,9-10H2,1-3H3,(H,18,22). The van der Waals surface area contributed by atoms with E-state index in [4.69, 9.17) is 4.52 Å². The molecule has 0 fully saturated rings. The van der Waals surface area contributed by atoms with Crippen molar-refractivity contribution in [3.63, 3.8) is 0 Å². The van der Waals surface area contributed by atoms with Crippen LogP contribution < -0.4 is 5.32 Å². The summed E-state index contributed by atoms with van der Waals surface area (Å²) in [5, 5.41) is 6.58. The minimum Gasteiger partial charge on any atom is -0.339 e. The zero-order valence-electron chi connectivity index (χ0n) is 13.5. The fourth-order valence-corrected chi connectivity index (χ4v) is 2.03. The van der Waals surface area contributed by atoms with Crippen LogP contribution in [0.5, 0.6) is 0 Å². The summed E-state index contributed by atoms with van der Waals surface area (Å²) < 4.78 is 18.2. The Morgan fingerprint density at radius 3 is 2.91 bits per heavy atom. The SMILES string of the molecule is CC(C)Cc1nc(CN(C)C(=O)NCc2cccc(F)c2)no1. The van der Waals surface area contributed by atoms with Crippen molar-refractivity contribution in [3.05, 3.63) is 47.4 Å². The molecule has 0 aliphatic heterocycles. The number of carbonyl (C=O) groups is 1. The zero-order chi connectivity index (χ0) is 16.8. The summed E-state index contributed by atoms with van der Waals surface area (Å²) >= 11 is 0. The van der Waals surface area contributed by atoms with Crippen molar-refractivity contribution in [3.8, 4) is 0 Å². The van der Waals surface area contributed by atoms with Crippen molar-refractivity contribution >= 4 is 6.03 Å².